The maximum atomic E-state index is 12.2. The van der Waals surface area contributed by atoms with E-state index in [0.717, 1.165) is 41.3 Å². The Morgan fingerprint density at radius 3 is 2.97 bits per heavy atom. The van der Waals surface area contributed by atoms with Crippen LogP contribution in [0.4, 0.5) is 0 Å². The molecule has 6 nitrogen and oxygen atoms in total. The summed E-state index contributed by atoms with van der Waals surface area (Å²) in [7, 11) is 0. The molecule has 1 aromatic carbocycles. The number of nitrogens with zero attached hydrogens (tertiary/aromatic N) is 3. The molecule has 0 fully saturated rings. The first-order valence-corrected chi connectivity index (χ1v) is 9.89. The summed E-state index contributed by atoms with van der Waals surface area (Å²) in [6.07, 6.45) is 4.48. The molecule has 2 atom stereocenters. The molecule has 6 heteroatoms. The number of nitriles is 1. The van der Waals surface area contributed by atoms with Crippen LogP contribution in [0.1, 0.15) is 49.0 Å². The minimum absolute atomic E-state index is 0.0688. The highest BCUT2D eigenvalue weighted by atomic mass is 16.4. The fourth-order valence-electron chi connectivity index (χ4n) is 4.80. The summed E-state index contributed by atoms with van der Waals surface area (Å²) in [5, 5.41) is 18.3. The maximum Gasteiger partial charge on any atom is 0.303 e. The standard InChI is InChI=1S/C23H23N3O3/c1-14-25-22-19(8-7-17-11-20(27)16(13-24)12-23(17,22)2)26(14)18-5-3-4-15(10-18)6-9-21(28)29/h3-5,10,12,17H,6-9,11H2,1-2H3,(H,28,29). The number of aryl methyl sites for hydroxylation is 2. The molecule has 0 bridgehead atoms. The summed E-state index contributed by atoms with van der Waals surface area (Å²) in [6, 6.07) is 9.97. The molecule has 0 spiro atoms. The van der Waals surface area contributed by atoms with Gasteiger partial charge in [0.15, 0.2) is 5.78 Å². The number of imidazole rings is 1. The van der Waals surface area contributed by atoms with Crippen LogP contribution in [0.3, 0.4) is 0 Å². The van der Waals surface area contributed by atoms with Gasteiger partial charge in [0, 0.05) is 29.6 Å². The number of ketones is 1. The summed E-state index contributed by atoms with van der Waals surface area (Å²) in [6.45, 7) is 4.04. The lowest BCUT2D eigenvalue weighted by atomic mass is 9.62. The van der Waals surface area contributed by atoms with Crippen LogP contribution in [-0.4, -0.2) is 26.4 Å². The van der Waals surface area contributed by atoms with Crippen LogP contribution in [-0.2, 0) is 27.8 Å². The second kappa shape index (κ2) is 7.00. The number of hydrogen-bond donors (Lipinski definition) is 1. The monoisotopic (exact) mass is 389 g/mol. The molecule has 0 amide bonds. The van der Waals surface area contributed by atoms with Crippen molar-refractivity contribution in [3.05, 3.63) is 58.7 Å². The summed E-state index contributed by atoms with van der Waals surface area (Å²) < 4.78 is 2.14. The Hall–Kier alpha value is -3.20. The van der Waals surface area contributed by atoms with Crippen molar-refractivity contribution in [3.8, 4) is 11.8 Å². The topological polar surface area (TPSA) is 96.0 Å². The minimum Gasteiger partial charge on any atom is -0.481 e. The number of carboxylic acid groups (broad SMARTS) is 1. The molecule has 2 aliphatic carbocycles. The van der Waals surface area contributed by atoms with Crippen LogP contribution >= 0.6 is 0 Å². The van der Waals surface area contributed by atoms with E-state index in [0.29, 0.717) is 12.8 Å². The molecule has 0 radical (unpaired) electrons. The number of aromatic nitrogens is 2. The van der Waals surface area contributed by atoms with E-state index in [4.69, 9.17) is 10.1 Å². The first-order valence-electron chi connectivity index (χ1n) is 9.89. The van der Waals surface area contributed by atoms with Gasteiger partial charge in [-0.2, -0.15) is 5.26 Å². The highest BCUT2D eigenvalue weighted by molar-refractivity contribution is 6.00. The smallest absolute Gasteiger partial charge is 0.303 e. The van der Waals surface area contributed by atoms with Gasteiger partial charge in [-0.15, -0.1) is 0 Å². The van der Waals surface area contributed by atoms with Crippen LogP contribution in [0, 0.1) is 24.2 Å². The fraction of sp³-hybridized carbons (Fsp3) is 0.391. The van der Waals surface area contributed by atoms with Crippen LogP contribution in [0.2, 0.25) is 0 Å². The lowest BCUT2D eigenvalue weighted by Gasteiger charge is -2.41. The van der Waals surface area contributed by atoms with Crippen molar-refractivity contribution in [3.63, 3.8) is 0 Å². The largest absolute Gasteiger partial charge is 0.481 e. The van der Waals surface area contributed by atoms with E-state index in [1.165, 1.54) is 0 Å². The predicted molar refractivity (Wildman–Crippen MR) is 107 cm³/mol. The number of Topliss-reactive ketones (excluding diaryl/α,β-unsaturated/α-hetero) is 1. The molecule has 0 saturated heterocycles. The van der Waals surface area contributed by atoms with E-state index >= 15 is 0 Å². The Kier molecular flexibility index (Phi) is 4.62. The quantitative estimate of drug-likeness (QED) is 0.864. The molecule has 29 heavy (non-hydrogen) atoms. The molecule has 1 heterocycles. The van der Waals surface area contributed by atoms with E-state index in [1.807, 2.05) is 37.3 Å². The van der Waals surface area contributed by atoms with Gasteiger partial charge in [-0.1, -0.05) is 25.1 Å². The van der Waals surface area contributed by atoms with Gasteiger partial charge < -0.3 is 9.67 Å². The average molecular weight is 389 g/mol. The number of rotatable bonds is 4. The first kappa shape index (κ1) is 19.1. The zero-order valence-electron chi connectivity index (χ0n) is 16.6. The van der Waals surface area contributed by atoms with Gasteiger partial charge in [-0.05, 0) is 49.8 Å². The first-order chi connectivity index (χ1) is 13.8. The average Bonchev–Trinajstić information content (AvgIpc) is 3.04. The summed E-state index contributed by atoms with van der Waals surface area (Å²) in [5.41, 5.74) is 3.81. The van der Waals surface area contributed by atoms with Crippen molar-refractivity contribution in [1.82, 2.24) is 9.55 Å². The summed E-state index contributed by atoms with van der Waals surface area (Å²) >= 11 is 0. The van der Waals surface area contributed by atoms with Crippen molar-refractivity contribution >= 4 is 11.8 Å². The number of carboxylic acids is 1. The Morgan fingerprint density at radius 1 is 1.45 bits per heavy atom. The third kappa shape index (κ3) is 3.17. The third-order valence-corrected chi connectivity index (χ3v) is 6.32. The number of carbonyl (C=O) groups excluding carboxylic acids is 1. The number of allylic oxidation sites excluding steroid dienone is 2. The number of carbonyl (C=O) groups is 2. The molecule has 0 saturated carbocycles. The van der Waals surface area contributed by atoms with Crippen molar-refractivity contribution in [2.45, 2.75) is 51.4 Å². The van der Waals surface area contributed by atoms with Gasteiger partial charge in [-0.3, -0.25) is 9.59 Å². The van der Waals surface area contributed by atoms with Crippen LogP contribution < -0.4 is 0 Å². The van der Waals surface area contributed by atoms with Crippen molar-refractivity contribution < 1.29 is 14.7 Å². The van der Waals surface area contributed by atoms with Gasteiger partial charge in [0.25, 0.3) is 0 Å². The highest BCUT2D eigenvalue weighted by Crippen LogP contribution is 2.47. The number of hydrogen-bond acceptors (Lipinski definition) is 4. The summed E-state index contributed by atoms with van der Waals surface area (Å²) in [5.74, 6) is 0.138. The van der Waals surface area contributed by atoms with Crippen molar-refractivity contribution in [2.24, 2.45) is 5.92 Å². The second-order valence-electron chi connectivity index (χ2n) is 8.17. The van der Waals surface area contributed by atoms with Crippen molar-refractivity contribution in [2.75, 3.05) is 0 Å². The van der Waals surface area contributed by atoms with Gasteiger partial charge in [-0.25, -0.2) is 4.98 Å². The minimum atomic E-state index is -0.808. The Labute approximate surface area is 169 Å². The number of aliphatic carboxylic acids is 1. The van der Waals surface area contributed by atoms with E-state index in [2.05, 4.69) is 17.6 Å². The normalized spacial score (nSPS) is 23.0. The SMILES string of the molecule is Cc1nc2c(n1-c1cccc(CCC(=O)O)c1)CCC1CC(=O)C(C#N)=CC21C. The maximum absolute atomic E-state index is 12.2. The predicted octanol–water partition coefficient (Wildman–Crippen LogP) is 3.44. The van der Waals surface area contributed by atoms with Crippen LogP contribution in [0.15, 0.2) is 35.9 Å². The van der Waals surface area contributed by atoms with E-state index in [1.54, 1.807) is 0 Å². The van der Waals surface area contributed by atoms with E-state index in [9.17, 15) is 14.9 Å². The van der Waals surface area contributed by atoms with Gasteiger partial charge >= 0.3 is 5.97 Å². The molecule has 0 aliphatic heterocycles. The molecule has 148 valence electrons. The highest BCUT2D eigenvalue weighted by Gasteiger charge is 2.46. The van der Waals surface area contributed by atoms with Crippen molar-refractivity contribution in [1.29, 1.82) is 5.26 Å². The number of fused-ring (bicyclic) bond motifs is 3. The lowest BCUT2D eigenvalue weighted by molar-refractivity contribution is -0.137. The van der Waals surface area contributed by atoms with Crippen LogP contribution in [0.5, 0.6) is 0 Å². The summed E-state index contributed by atoms with van der Waals surface area (Å²) in [4.78, 5) is 28.0. The molecular weight excluding hydrogens is 366 g/mol. The molecule has 4 rings (SSSR count). The van der Waals surface area contributed by atoms with Crippen LogP contribution in [0.25, 0.3) is 5.69 Å². The molecule has 1 aromatic heterocycles. The Morgan fingerprint density at radius 2 is 2.24 bits per heavy atom. The molecule has 2 unspecified atom stereocenters. The van der Waals surface area contributed by atoms with E-state index in [-0.39, 0.29) is 23.7 Å². The lowest BCUT2D eigenvalue weighted by Crippen LogP contribution is -2.40. The zero-order chi connectivity index (χ0) is 20.8. The van der Waals surface area contributed by atoms with Gasteiger partial charge in [0.05, 0.1) is 11.3 Å². The molecular formula is C23H23N3O3. The molecule has 1 N–H and O–H groups in total. The van der Waals surface area contributed by atoms with E-state index < -0.39 is 11.4 Å². The zero-order valence-corrected chi connectivity index (χ0v) is 16.6. The Balaban J connectivity index is 1.79. The Bertz CT molecular complexity index is 1090. The molecule has 2 aliphatic rings. The number of benzene rings is 1. The second-order valence-corrected chi connectivity index (χ2v) is 8.17. The van der Waals surface area contributed by atoms with Gasteiger partial charge in [0.2, 0.25) is 0 Å². The molecule has 2 aromatic rings. The van der Waals surface area contributed by atoms with Gasteiger partial charge in [0.1, 0.15) is 11.9 Å². The fourth-order valence-corrected chi connectivity index (χ4v) is 4.80. The third-order valence-electron chi connectivity index (χ3n) is 6.32.